The lowest BCUT2D eigenvalue weighted by molar-refractivity contribution is 0.0953. The number of amides is 1. The van der Waals surface area contributed by atoms with Crippen molar-refractivity contribution in [2.45, 2.75) is 33.1 Å². The number of aryl methyl sites for hydroxylation is 2. The van der Waals surface area contributed by atoms with Crippen molar-refractivity contribution in [2.75, 3.05) is 12.4 Å². The molecule has 1 aromatic rings. The summed E-state index contributed by atoms with van der Waals surface area (Å²) in [6, 6.07) is 5.90. The summed E-state index contributed by atoms with van der Waals surface area (Å²) in [6.45, 7) is 4.73. The molecule has 0 saturated heterocycles. The van der Waals surface area contributed by atoms with E-state index in [1.807, 2.05) is 26.0 Å². The molecule has 2 nitrogen and oxygen atoms in total. The maximum Gasteiger partial charge on any atom is 0.251 e. The zero-order valence-corrected chi connectivity index (χ0v) is 11.3. The zero-order chi connectivity index (χ0) is 12.7. The number of unbranched alkanes of at least 4 members (excludes halogenated alkanes) is 2. The standard InChI is InChI=1S/C14H20ClNO/c1-11-8-12(2)10-13(9-11)14(17)16-7-5-3-4-6-15/h8-10H,3-7H2,1-2H3,(H,16,17). The van der Waals surface area contributed by atoms with E-state index in [9.17, 15) is 4.79 Å². The van der Waals surface area contributed by atoms with Crippen molar-refractivity contribution in [3.8, 4) is 0 Å². The summed E-state index contributed by atoms with van der Waals surface area (Å²) in [5.74, 6) is 0.716. The fourth-order valence-corrected chi connectivity index (χ4v) is 2.00. The molecular formula is C14H20ClNO. The van der Waals surface area contributed by atoms with E-state index in [0.717, 1.165) is 42.5 Å². The molecule has 0 heterocycles. The molecule has 0 bridgehead atoms. The van der Waals surface area contributed by atoms with E-state index >= 15 is 0 Å². The van der Waals surface area contributed by atoms with Crippen molar-refractivity contribution in [1.29, 1.82) is 0 Å². The van der Waals surface area contributed by atoms with Gasteiger partial charge in [0.2, 0.25) is 0 Å². The average molecular weight is 254 g/mol. The number of carbonyl (C=O) groups is 1. The van der Waals surface area contributed by atoms with Crippen LogP contribution in [-0.2, 0) is 0 Å². The first-order chi connectivity index (χ1) is 8.13. The Morgan fingerprint density at radius 1 is 1.12 bits per heavy atom. The number of hydrogen-bond acceptors (Lipinski definition) is 1. The number of hydrogen-bond donors (Lipinski definition) is 1. The maximum atomic E-state index is 11.8. The smallest absolute Gasteiger partial charge is 0.251 e. The first-order valence-electron chi connectivity index (χ1n) is 6.06. The van der Waals surface area contributed by atoms with Crippen LogP contribution in [0.15, 0.2) is 18.2 Å². The molecule has 1 amide bonds. The van der Waals surface area contributed by atoms with Crippen LogP contribution in [0.25, 0.3) is 0 Å². The van der Waals surface area contributed by atoms with E-state index in [0.29, 0.717) is 5.88 Å². The van der Waals surface area contributed by atoms with E-state index in [2.05, 4.69) is 11.4 Å². The molecule has 0 atom stereocenters. The van der Waals surface area contributed by atoms with Gasteiger partial charge in [-0.25, -0.2) is 0 Å². The minimum Gasteiger partial charge on any atom is -0.352 e. The summed E-state index contributed by atoms with van der Waals surface area (Å²) in [4.78, 5) is 11.8. The van der Waals surface area contributed by atoms with Gasteiger partial charge in [-0.1, -0.05) is 23.6 Å². The van der Waals surface area contributed by atoms with Crippen LogP contribution >= 0.6 is 11.6 Å². The molecule has 0 fully saturated rings. The van der Waals surface area contributed by atoms with Crippen molar-refractivity contribution in [3.05, 3.63) is 34.9 Å². The fourth-order valence-electron chi connectivity index (χ4n) is 1.81. The van der Waals surface area contributed by atoms with Gasteiger partial charge in [-0.3, -0.25) is 4.79 Å². The third-order valence-corrected chi connectivity index (χ3v) is 2.85. The molecule has 1 aromatic carbocycles. The first kappa shape index (κ1) is 14.0. The SMILES string of the molecule is Cc1cc(C)cc(C(=O)NCCCCCCl)c1. The molecule has 1 N–H and O–H groups in total. The Labute approximate surface area is 108 Å². The summed E-state index contributed by atoms with van der Waals surface area (Å²) in [7, 11) is 0. The lowest BCUT2D eigenvalue weighted by Gasteiger charge is -2.06. The van der Waals surface area contributed by atoms with Gasteiger partial charge in [0.05, 0.1) is 0 Å². The molecule has 0 saturated carbocycles. The van der Waals surface area contributed by atoms with Crippen LogP contribution in [0.3, 0.4) is 0 Å². The third kappa shape index (κ3) is 5.22. The molecule has 0 aromatic heterocycles. The molecule has 3 heteroatoms. The Bertz CT molecular complexity index is 356. The molecule has 0 aliphatic carbocycles. The molecule has 0 radical (unpaired) electrons. The second-order valence-electron chi connectivity index (χ2n) is 4.38. The van der Waals surface area contributed by atoms with Gasteiger partial charge >= 0.3 is 0 Å². The van der Waals surface area contributed by atoms with Gasteiger partial charge in [0.15, 0.2) is 0 Å². The van der Waals surface area contributed by atoms with Gasteiger partial charge in [0.25, 0.3) is 5.91 Å². The largest absolute Gasteiger partial charge is 0.352 e. The number of rotatable bonds is 6. The summed E-state index contributed by atoms with van der Waals surface area (Å²) < 4.78 is 0. The van der Waals surface area contributed by atoms with E-state index in [-0.39, 0.29) is 5.91 Å². The second kappa shape index (κ2) is 7.33. The predicted molar refractivity (Wildman–Crippen MR) is 72.8 cm³/mol. The Morgan fingerprint density at radius 2 is 1.76 bits per heavy atom. The van der Waals surface area contributed by atoms with E-state index in [4.69, 9.17) is 11.6 Å². The van der Waals surface area contributed by atoms with E-state index < -0.39 is 0 Å². The molecule has 0 unspecified atom stereocenters. The number of halogens is 1. The minimum atomic E-state index is 0.0164. The third-order valence-electron chi connectivity index (χ3n) is 2.58. The van der Waals surface area contributed by atoms with Gasteiger partial charge in [-0.2, -0.15) is 0 Å². The lowest BCUT2D eigenvalue weighted by Crippen LogP contribution is -2.24. The number of benzene rings is 1. The van der Waals surface area contributed by atoms with Crippen molar-refractivity contribution < 1.29 is 4.79 Å². The van der Waals surface area contributed by atoms with E-state index in [1.54, 1.807) is 0 Å². The lowest BCUT2D eigenvalue weighted by atomic mass is 10.1. The molecule has 94 valence electrons. The summed E-state index contributed by atoms with van der Waals surface area (Å²) in [5, 5.41) is 2.93. The zero-order valence-electron chi connectivity index (χ0n) is 10.6. The topological polar surface area (TPSA) is 29.1 Å². The highest BCUT2D eigenvalue weighted by Crippen LogP contribution is 2.08. The molecule has 1 rings (SSSR count). The Balaban J connectivity index is 2.41. The summed E-state index contributed by atoms with van der Waals surface area (Å²) in [6.07, 6.45) is 3.07. The molecular weight excluding hydrogens is 234 g/mol. The molecule has 17 heavy (non-hydrogen) atoms. The number of nitrogens with one attached hydrogen (secondary N) is 1. The van der Waals surface area contributed by atoms with Crippen LogP contribution in [-0.4, -0.2) is 18.3 Å². The van der Waals surface area contributed by atoms with Gasteiger partial charge in [0, 0.05) is 18.0 Å². The van der Waals surface area contributed by atoms with Crippen LogP contribution in [0, 0.1) is 13.8 Å². The van der Waals surface area contributed by atoms with Crippen LogP contribution < -0.4 is 5.32 Å². The van der Waals surface area contributed by atoms with Crippen molar-refractivity contribution in [3.63, 3.8) is 0 Å². The quantitative estimate of drug-likeness (QED) is 0.611. The highest BCUT2D eigenvalue weighted by Gasteiger charge is 2.05. The highest BCUT2D eigenvalue weighted by molar-refractivity contribution is 6.17. The highest BCUT2D eigenvalue weighted by atomic mass is 35.5. The molecule has 0 aliphatic heterocycles. The maximum absolute atomic E-state index is 11.8. The number of alkyl halides is 1. The van der Waals surface area contributed by atoms with Crippen LogP contribution in [0.2, 0.25) is 0 Å². The van der Waals surface area contributed by atoms with Gasteiger partial charge in [-0.15, -0.1) is 11.6 Å². The van der Waals surface area contributed by atoms with Gasteiger partial charge in [0.1, 0.15) is 0 Å². The monoisotopic (exact) mass is 253 g/mol. The second-order valence-corrected chi connectivity index (χ2v) is 4.76. The summed E-state index contributed by atoms with van der Waals surface area (Å²) in [5.41, 5.74) is 2.99. The number of carbonyl (C=O) groups excluding carboxylic acids is 1. The predicted octanol–water partition coefficient (Wildman–Crippen LogP) is 3.44. The fraction of sp³-hybridized carbons (Fsp3) is 0.500. The molecule has 0 aliphatic rings. The van der Waals surface area contributed by atoms with Crippen molar-refractivity contribution in [1.82, 2.24) is 5.32 Å². The van der Waals surface area contributed by atoms with Gasteiger partial charge in [-0.05, 0) is 38.8 Å². The first-order valence-corrected chi connectivity index (χ1v) is 6.59. The summed E-state index contributed by atoms with van der Waals surface area (Å²) >= 11 is 5.59. The van der Waals surface area contributed by atoms with Crippen molar-refractivity contribution in [2.24, 2.45) is 0 Å². The average Bonchev–Trinajstić information content (AvgIpc) is 2.27. The van der Waals surface area contributed by atoms with E-state index in [1.165, 1.54) is 0 Å². The van der Waals surface area contributed by atoms with Gasteiger partial charge < -0.3 is 5.32 Å². The molecule has 0 spiro atoms. The Hall–Kier alpha value is -1.02. The Kier molecular flexibility index (Phi) is 6.06. The van der Waals surface area contributed by atoms with Crippen LogP contribution in [0.1, 0.15) is 40.7 Å². The van der Waals surface area contributed by atoms with Crippen LogP contribution in [0.5, 0.6) is 0 Å². The minimum absolute atomic E-state index is 0.0164. The van der Waals surface area contributed by atoms with Crippen LogP contribution in [0.4, 0.5) is 0 Å². The Morgan fingerprint density at radius 3 is 2.35 bits per heavy atom. The van der Waals surface area contributed by atoms with Crippen molar-refractivity contribution >= 4 is 17.5 Å². The normalized spacial score (nSPS) is 10.3.